The van der Waals surface area contributed by atoms with Crippen LogP contribution in [0.2, 0.25) is 0 Å². The van der Waals surface area contributed by atoms with Gasteiger partial charge < -0.3 is 9.64 Å². The van der Waals surface area contributed by atoms with E-state index in [-0.39, 0.29) is 17.8 Å². The van der Waals surface area contributed by atoms with Gasteiger partial charge >= 0.3 is 5.97 Å². The summed E-state index contributed by atoms with van der Waals surface area (Å²) in [5.41, 5.74) is 8.73. The van der Waals surface area contributed by atoms with E-state index >= 15 is 0 Å². The molecule has 1 aromatic heterocycles. The van der Waals surface area contributed by atoms with Crippen LogP contribution in [0.1, 0.15) is 51.1 Å². The summed E-state index contributed by atoms with van der Waals surface area (Å²) in [6.07, 6.45) is 0.918. The molecule has 184 valence electrons. The molecular weight excluding hydrogens is 446 g/mol. The number of fused-ring (bicyclic) bond motifs is 1. The van der Waals surface area contributed by atoms with E-state index in [4.69, 9.17) is 4.74 Å². The number of anilines is 1. The fourth-order valence-corrected chi connectivity index (χ4v) is 5.05. The van der Waals surface area contributed by atoms with Gasteiger partial charge in [0.15, 0.2) is 12.5 Å². The third kappa shape index (κ3) is 4.58. The first kappa shape index (κ1) is 23.2. The van der Waals surface area contributed by atoms with Crippen molar-refractivity contribution in [3.63, 3.8) is 0 Å². The quantitative estimate of drug-likeness (QED) is 0.638. The Hall–Kier alpha value is -3.53. The Morgan fingerprint density at radius 1 is 1.14 bits per heavy atom. The summed E-state index contributed by atoms with van der Waals surface area (Å²) in [7, 11) is 0. The molecular formula is C25H31N7O3. The summed E-state index contributed by atoms with van der Waals surface area (Å²) in [5.74, 6) is 0.415. The summed E-state index contributed by atoms with van der Waals surface area (Å²) in [6.45, 7) is 10.9. The van der Waals surface area contributed by atoms with E-state index in [0.717, 1.165) is 67.3 Å². The van der Waals surface area contributed by atoms with Crippen LogP contribution in [0.5, 0.6) is 0 Å². The Bertz CT molecular complexity index is 1170. The van der Waals surface area contributed by atoms with Gasteiger partial charge in [-0.15, -0.1) is 5.11 Å². The zero-order valence-electron chi connectivity index (χ0n) is 20.5. The van der Waals surface area contributed by atoms with Crippen molar-refractivity contribution < 1.29 is 14.3 Å². The third-order valence-corrected chi connectivity index (χ3v) is 7.33. The van der Waals surface area contributed by atoms with Gasteiger partial charge in [-0.05, 0) is 56.0 Å². The second-order valence-electron chi connectivity index (χ2n) is 9.35. The van der Waals surface area contributed by atoms with Crippen molar-refractivity contribution in [2.75, 3.05) is 44.4 Å². The Balaban J connectivity index is 1.14. The van der Waals surface area contributed by atoms with Crippen molar-refractivity contribution in [1.82, 2.24) is 20.3 Å². The molecule has 1 amide bonds. The number of cyclic esters (lactones) is 1. The lowest BCUT2D eigenvalue weighted by molar-refractivity contribution is -0.134. The normalized spacial score (nSPS) is 18.4. The van der Waals surface area contributed by atoms with Gasteiger partial charge in [0, 0.05) is 44.0 Å². The minimum Gasteiger partial charge on any atom is -0.457 e. The zero-order valence-corrected chi connectivity index (χ0v) is 20.5. The number of ether oxygens (including phenoxy) is 1. The number of hydrogen-bond donors (Lipinski definition) is 1. The number of hydrogen-bond acceptors (Lipinski definition) is 9. The molecule has 3 aliphatic rings. The number of nitrogens with one attached hydrogen (secondary N) is 1. The van der Waals surface area contributed by atoms with E-state index in [1.807, 2.05) is 43.0 Å². The molecule has 2 aromatic rings. The third-order valence-electron chi connectivity index (χ3n) is 7.33. The van der Waals surface area contributed by atoms with Crippen LogP contribution in [0.4, 0.5) is 5.82 Å². The van der Waals surface area contributed by atoms with Crippen LogP contribution in [0, 0.1) is 13.8 Å². The lowest BCUT2D eigenvalue weighted by Gasteiger charge is -2.36. The van der Waals surface area contributed by atoms with Crippen molar-refractivity contribution >= 4 is 17.7 Å². The highest BCUT2D eigenvalue weighted by Crippen LogP contribution is 2.27. The topological polar surface area (TPSA) is 103 Å². The molecule has 10 nitrogen and oxygen atoms in total. The van der Waals surface area contributed by atoms with Crippen molar-refractivity contribution in [1.29, 1.82) is 0 Å². The maximum absolute atomic E-state index is 13.2. The van der Waals surface area contributed by atoms with Crippen LogP contribution < -0.4 is 10.5 Å². The summed E-state index contributed by atoms with van der Waals surface area (Å²) in [4.78, 5) is 34.0. The molecule has 0 bridgehead atoms. The van der Waals surface area contributed by atoms with Gasteiger partial charge in [0.2, 0.25) is 5.91 Å². The fraction of sp³-hybridized carbons (Fsp3) is 0.480. The lowest BCUT2D eigenvalue weighted by atomic mass is 9.96. The molecule has 1 N–H and O–H groups in total. The standard InChI is InChI=1S/C25H31N7O3/c1-16-19(4-5-21-22(16)14-35-25(21)34)8-9-30-10-12-31(13-11-30)24(33)17(2)20-6-7-23(27-18(20)3)32-15-26-28-29-32/h4-7,17H,8-15H2,1-3H3,(H,26,29). The van der Waals surface area contributed by atoms with Crippen LogP contribution in [0.3, 0.4) is 0 Å². The maximum Gasteiger partial charge on any atom is 0.338 e. The first-order valence-corrected chi connectivity index (χ1v) is 12.1. The molecule has 1 aromatic carbocycles. The number of carbonyl (C=O) groups is 2. The highest BCUT2D eigenvalue weighted by atomic mass is 16.5. The highest BCUT2D eigenvalue weighted by molar-refractivity contribution is 5.93. The summed E-state index contributed by atoms with van der Waals surface area (Å²) >= 11 is 0. The fourth-order valence-electron chi connectivity index (χ4n) is 5.05. The minimum atomic E-state index is -0.247. The Morgan fingerprint density at radius 2 is 1.94 bits per heavy atom. The van der Waals surface area contributed by atoms with Gasteiger partial charge in [-0.3, -0.25) is 9.69 Å². The van der Waals surface area contributed by atoms with Crippen LogP contribution in [0.25, 0.3) is 0 Å². The molecule has 35 heavy (non-hydrogen) atoms. The van der Waals surface area contributed by atoms with E-state index in [0.29, 0.717) is 18.8 Å². The molecule has 1 saturated heterocycles. The predicted octanol–water partition coefficient (Wildman–Crippen LogP) is 2.51. The van der Waals surface area contributed by atoms with Crippen LogP contribution >= 0.6 is 0 Å². The van der Waals surface area contributed by atoms with E-state index in [2.05, 4.69) is 32.7 Å². The molecule has 3 aliphatic heterocycles. The number of rotatable bonds is 6. The smallest absolute Gasteiger partial charge is 0.338 e. The number of carbonyl (C=O) groups excluding carboxylic acids is 2. The Kier molecular flexibility index (Phi) is 6.38. The molecule has 0 radical (unpaired) electrons. The number of hydrazine groups is 1. The van der Waals surface area contributed by atoms with Gasteiger partial charge in [0.25, 0.3) is 0 Å². The molecule has 1 fully saturated rings. The predicted molar refractivity (Wildman–Crippen MR) is 130 cm³/mol. The summed E-state index contributed by atoms with van der Waals surface area (Å²) < 4.78 is 5.17. The zero-order chi connectivity index (χ0) is 24.5. The molecule has 4 heterocycles. The van der Waals surface area contributed by atoms with Crippen LogP contribution in [0.15, 0.2) is 34.6 Å². The molecule has 0 spiro atoms. The SMILES string of the molecule is Cc1nc(N2CN=NN2)ccc1C(C)C(=O)N1CCN(CCc2ccc3c(c2C)COC3=O)CC1. The van der Waals surface area contributed by atoms with Gasteiger partial charge in [0.05, 0.1) is 11.5 Å². The average Bonchev–Trinajstić information content (AvgIpc) is 3.54. The summed E-state index contributed by atoms with van der Waals surface area (Å²) in [6, 6.07) is 7.82. The molecule has 5 rings (SSSR count). The van der Waals surface area contributed by atoms with Gasteiger partial charge in [0.1, 0.15) is 6.61 Å². The van der Waals surface area contributed by atoms with E-state index in [1.165, 1.54) is 5.56 Å². The lowest BCUT2D eigenvalue weighted by Crippen LogP contribution is -2.50. The number of benzene rings is 1. The number of aryl methyl sites for hydroxylation is 1. The number of piperazine rings is 1. The average molecular weight is 478 g/mol. The highest BCUT2D eigenvalue weighted by Gasteiger charge is 2.28. The van der Waals surface area contributed by atoms with Gasteiger partial charge in [-0.1, -0.05) is 17.4 Å². The first-order chi connectivity index (χ1) is 16.9. The second kappa shape index (κ2) is 9.61. The molecule has 0 aliphatic carbocycles. The number of esters is 1. The van der Waals surface area contributed by atoms with Crippen molar-refractivity contribution in [3.8, 4) is 0 Å². The van der Waals surface area contributed by atoms with Crippen LogP contribution in [-0.2, 0) is 22.6 Å². The van der Waals surface area contributed by atoms with E-state index < -0.39 is 0 Å². The summed E-state index contributed by atoms with van der Waals surface area (Å²) in [5, 5.41) is 9.40. The second-order valence-corrected chi connectivity index (χ2v) is 9.35. The van der Waals surface area contributed by atoms with Gasteiger partial charge in [-0.2, -0.15) is 5.53 Å². The Labute approximate surface area is 204 Å². The molecule has 1 unspecified atom stereocenters. The number of amides is 1. The molecule has 1 atom stereocenters. The molecule has 10 heteroatoms. The maximum atomic E-state index is 13.2. The number of pyridine rings is 1. The van der Waals surface area contributed by atoms with E-state index in [1.54, 1.807) is 5.01 Å². The van der Waals surface area contributed by atoms with Gasteiger partial charge in [-0.25, -0.2) is 14.8 Å². The Morgan fingerprint density at radius 3 is 2.66 bits per heavy atom. The number of aromatic nitrogens is 1. The largest absolute Gasteiger partial charge is 0.457 e. The minimum absolute atomic E-state index is 0.144. The van der Waals surface area contributed by atoms with Crippen molar-refractivity contribution in [2.45, 2.75) is 39.7 Å². The van der Waals surface area contributed by atoms with Crippen LogP contribution in [-0.4, -0.2) is 66.1 Å². The molecule has 0 saturated carbocycles. The monoisotopic (exact) mass is 477 g/mol. The number of nitrogens with zero attached hydrogens (tertiary/aromatic N) is 6. The van der Waals surface area contributed by atoms with E-state index in [9.17, 15) is 9.59 Å². The van der Waals surface area contributed by atoms with Crippen molar-refractivity contribution in [3.05, 3.63) is 57.8 Å². The van der Waals surface area contributed by atoms with Crippen molar-refractivity contribution in [2.24, 2.45) is 10.3 Å². The first-order valence-electron chi connectivity index (χ1n) is 12.1.